The van der Waals surface area contributed by atoms with Crippen LogP contribution in [0.25, 0.3) is 0 Å². The second kappa shape index (κ2) is 41.0. The summed E-state index contributed by atoms with van der Waals surface area (Å²) in [6.45, 7) is 19.0. The summed E-state index contributed by atoms with van der Waals surface area (Å²) in [5.74, 6) is 0. The molecule has 53 heavy (non-hydrogen) atoms. The van der Waals surface area contributed by atoms with Crippen molar-refractivity contribution >= 4 is 0 Å². The molecule has 4 fully saturated rings. The third-order valence-electron chi connectivity index (χ3n) is 8.21. The Hall–Kier alpha value is -0.600. The topological polar surface area (TPSA) is 160 Å². The summed E-state index contributed by atoms with van der Waals surface area (Å²) in [4.78, 5) is 0. The van der Waals surface area contributed by atoms with E-state index in [4.69, 9.17) is 61.6 Å². The number of hydrogen-bond donors (Lipinski definition) is 2. The summed E-state index contributed by atoms with van der Waals surface area (Å²) in [6, 6.07) is 0. The van der Waals surface area contributed by atoms with Crippen molar-refractivity contribution in [2.75, 3.05) is 159 Å². The van der Waals surface area contributed by atoms with E-state index in [0.717, 1.165) is 64.6 Å². The van der Waals surface area contributed by atoms with Crippen molar-refractivity contribution < 1.29 is 71.8 Å². The van der Waals surface area contributed by atoms with E-state index in [0.29, 0.717) is 145 Å². The van der Waals surface area contributed by atoms with Crippen LogP contribution in [0.1, 0.15) is 65.2 Å². The lowest BCUT2D eigenvalue weighted by Gasteiger charge is -2.28. The predicted octanol–water partition coefficient (Wildman–Crippen LogP) is 2.84. The van der Waals surface area contributed by atoms with Crippen LogP contribution >= 0.6 is 0 Å². The zero-order chi connectivity index (χ0) is 38.1. The monoisotopic (exact) mass is 773 g/mol. The molecule has 318 valence electrons. The molecule has 15 heteroatoms. The van der Waals surface area contributed by atoms with E-state index >= 15 is 0 Å². The van der Waals surface area contributed by atoms with Gasteiger partial charge in [0, 0.05) is 13.2 Å². The Balaban J connectivity index is 0.000000386. The molecule has 2 aliphatic carbocycles. The minimum absolute atomic E-state index is 0.0176. The van der Waals surface area contributed by atoms with Crippen molar-refractivity contribution in [3.8, 4) is 0 Å². The zero-order valence-corrected chi connectivity index (χ0v) is 33.1. The summed E-state index contributed by atoms with van der Waals surface area (Å²) < 4.78 is 68.9. The van der Waals surface area contributed by atoms with E-state index in [1.54, 1.807) is 0 Å². The summed E-state index contributed by atoms with van der Waals surface area (Å²) in [7, 11) is 0. The molecule has 4 aliphatic rings. The minimum atomic E-state index is -0.310. The molecule has 4 unspecified atom stereocenters. The van der Waals surface area contributed by atoms with Gasteiger partial charge in [-0.3, -0.25) is 0 Å². The molecule has 0 aromatic carbocycles. The van der Waals surface area contributed by atoms with Gasteiger partial charge in [-0.2, -0.15) is 0 Å². The average molecular weight is 773 g/mol. The fourth-order valence-corrected chi connectivity index (χ4v) is 5.35. The first-order valence-electron chi connectivity index (χ1n) is 20.1. The van der Waals surface area contributed by atoms with Gasteiger partial charge in [0.05, 0.1) is 170 Å². The number of hydrogen-bond acceptors (Lipinski definition) is 15. The molecule has 0 aromatic heterocycles. The standard InChI is InChI=1S/C16H30O5.C10H20O5.C8H16O4.C4H10O/c17-13-5-1-3-7-15(13)20-11-9-19-10-12-21-16-8-4-2-6-14(16)18;1-2-12-5-6-14-9-10-15-8-7-13-4-3-11-1;1-2-10-5-6-12-8-7-11-4-3-9-1;1-3-5-4-2/h13-18H,1-12H2;1-10H2;1-8H2;3-4H2,1-2H3. The second-order valence-corrected chi connectivity index (χ2v) is 12.4. The minimum Gasteiger partial charge on any atom is -0.390 e. The largest absolute Gasteiger partial charge is 0.390 e. The first-order chi connectivity index (χ1) is 26.2. The number of aliphatic hydroxyl groups excluding tert-OH is 2. The van der Waals surface area contributed by atoms with Gasteiger partial charge >= 0.3 is 0 Å². The van der Waals surface area contributed by atoms with E-state index in [-0.39, 0.29) is 24.4 Å². The van der Waals surface area contributed by atoms with Gasteiger partial charge in [0.2, 0.25) is 0 Å². The highest BCUT2D eigenvalue weighted by Gasteiger charge is 2.24. The van der Waals surface area contributed by atoms with Gasteiger partial charge in [-0.1, -0.05) is 25.7 Å². The van der Waals surface area contributed by atoms with Crippen LogP contribution in [0.15, 0.2) is 0 Å². The molecule has 0 radical (unpaired) electrons. The van der Waals surface area contributed by atoms with Gasteiger partial charge in [-0.25, -0.2) is 0 Å². The molecular weight excluding hydrogens is 696 g/mol. The van der Waals surface area contributed by atoms with Gasteiger partial charge in [0.25, 0.3) is 0 Å². The Morgan fingerprint density at radius 3 is 0.811 bits per heavy atom. The maximum Gasteiger partial charge on any atom is 0.0835 e. The fraction of sp³-hybridized carbons (Fsp3) is 1.00. The Bertz CT molecular complexity index is 581. The SMILES string of the molecule is C1COCCOCCOCCO1.C1COCCOCCOCCOCCO1.CCOCC.OC1CCCCC1OCCOCCOC1CCCCC1O. The molecule has 4 atom stereocenters. The smallest absolute Gasteiger partial charge is 0.0835 e. The first-order valence-corrected chi connectivity index (χ1v) is 20.1. The van der Waals surface area contributed by atoms with Gasteiger partial charge in [-0.15, -0.1) is 0 Å². The van der Waals surface area contributed by atoms with Crippen LogP contribution in [0.2, 0.25) is 0 Å². The molecular formula is C38H76O15. The highest BCUT2D eigenvalue weighted by atomic mass is 16.6. The van der Waals surface area contributed by atoms with Gasteiger partial charge in [0.15, 0.2) is 0 Å². The quantitative estimate of drug-likeness (QED) is 0.312. The summed E-state index contributed by atoms with van der Waals surface area (Å²) in [6.07, 6.45) is 7.42. The van der Waals surface area contributed by atoms with Crippen molar-refractivity contribution in [2.45, 2.75) is 89.6 Å². The summed E-state index contributed by atoms with van der Waals surface area (Å²) in [5, 5.41) is 19.5. The Labute approximate surface area is 319 Å². The second-order valence-electron chi connectivity index (χ2n) is 12.4. The van der Waals surface area contributed by atoms with Crippen molar-refractivity contribution in [2.24, 2.45) is 0 Å². The number of ether oxygens (including phenoxy) is 13. The van der Waals surface area contributed by atoms with Gasteiger partial charge < -0.3 is 71.8 Å². The van der Waals surface area contributed by atoms with E-state index in [2.05, 4.69) is 0 Å². The molecule has 15 nitrogen and oxygen atoms in total. The molecule has 2 saturated carbocycles. The molecule has 2 aliphatic heterocycles. The summed E-state index contributed by atoms with van der Waals surface area (Å²) in [5.41, 5.74) is 0. The third kappa shape index (κ3) is 34.4. The molecule has 0 aromatic rings. The molecule has 2 N–H and O–H groups in total. The van der Waals surface area contributed by atoms with Crippen molar-refractivity contribution in [3.05, 3.63) is 0 Å². The van der Waals surface area contributed by atoms with E-state index in [9.17, 15) is 10.2 Å². The van der Waals surface area contributed by atoms with Gasteiger partial charge in [0.1, 0.15) is 0 Å². The number of aliphatic hydroxyl groups is 2. The third-order valence-corrected chi connectivity index (χ3v) is 8.21. The Kier molecular flexibility index (Phi) is 39.0. The van der Waals surface area contributed by atoms with Crippen LogP contribution < -0.4 is 0 Å². The van der Waals surface area contributed by atoms with Crippen molar-refractivity contribution in [3.63, 3.8) is 0 Å². The number of rotatable bonds is 10. The normalized spacial score (nSPS) is 26.5. The van der Waals surface area contributed by atoms with Crippen LogP contribution in [0.3, 0.4) is 0 Å². The van der Waals surface area contributed by atoms with Gasteiger partial charge in [-0.05, 0) is 39.5 Å². The van der Waals surface area contributed by atoms with Crippen LogP contribution in [-0.4, -0.2) is 193 Å². The maximum absolute atomic E-state index is 9.77. The lowest BCUT2D eigenvalue weighted by atomic mass is 9.95. The Morgan fingerprint density at radius 1 is 0.358 bits per heavy atom. The lowest BCUT2D eigenvalue weighted by Crippen LogP contribution is -2.34. The van der Waals surface area contributed by atoms with E-state index in [1.807, 2.05) is 13.8 Å². The van der Waals surface area contributed by atoms with Crippen LogP contribution in [0.5, 0.6) is 0 Å². The molecule has 0 amide bonds. The molecule has 2 heterocycles. The predicted molar refractivity (Wildman–Crippen MR) is 199 cm³/mol. The highest BCUT2D eigenvalue weighted by molar-refractivity contribution is 4.75. The summed E-state index contributed by atoms with van der Waals surface area (Å²) >= 11 is 0. The molecule has 0 bridgehead atoms. The highest BCUT2D eigenvalue weighted by Crippen LogP contribution is 2.21. The molecule has 4 rings (SSSR count). The van der Waals surface area contributed by atoms with E-state index in [1.165, 1.54) is 0 Å². The van der Waals surface area contributed by atoms with Crippen molar-refractivity contribution in [1.82, 2.24) is 0 Å². The van der Waals surface area contributed by atoms with Crippen LogP contribution in [0.4, 0.5) is 0 Å². The maximum atomic E-state index is 9.77. The first kappa shape index (κ1) is 50.4. The Morgan fingerprint density at radius 2 is 0.604 bits per heavy atom. The van der Waals surface area contributed by atoms with Crippen LogP contribution in [0, 0.1) is 0 Å². The molecule has 0 spiro atoms. The fourth-order valence-electron chi connectivity index (χ4n) is 5.35. The zero-order valence-electron chi connectivity index (χ0n) is 33.1. The van der Waals surface area contributed by atoms with Crippen LogP contribution in [-0.2, 0) is 61.6 Å². The van der Waals surface area contributed by atoms with E-state index < -0.39 is 0 Å². The lowest BCUT2D eigenvalue weighted by molar-refractivity contribution is -0.0903. The molecule has 2 saturated heterocycles. The van der Waals surface area contributed by atoms with Crippen molar-refractivity contribution in [1.29, 1.82) is 0 Å². The average Bonchev–Trinajstić information content (AvgIpc) is 3.18.